The molecular weight excluding hydrogens is 324 g/mol. The molecule has 1 amide bonds. The monoisotopic (exact) mass is 342 g/mol. The van der Waals surface area contributed by atoms with E-state index >= 15 is 0 Å². The maximum absolute atomic E-state index is 11.9. The molecule has 1 heterocycles. The van der Waals surface area contributed by atoms with Crippen LogP contribution in [0.3, 0.4) is 0 Å². The van der Waals surface area contributed by atoms with E-state index < -0.39 is 17.5 Å². The lowest BCUT2D eigenvalue weighted by molar-refractivity contribution is -0.146. The van der Waals surface area contributed by atoms with Gasteiger partial charge in [0.15, 0.2) is 0 Å². The van der Waals surface area contributed by atoms with Gasteiger partial charge in [-0.05, 0) is 24.6 Å². The van der Waals surface area contributed by atoms with Crippen LogP contribution in [0, 0.1) is 0 Å². The summed E-state index contributed by atoms with van der Waals surface area (Å²) in [4.78, 5) is 33.4. The highest BCUT2D eigenvalue weighted by molar-refractivity contribution is 6.38. The predicted octanol–water partition coefficient (Wildman–Crippen LogP) is 1.86. The number of aliphatic carboxylic acids is 1. The molecule has 7 nitrogen and oxygen atoms in total. The molecule has 0 aliphatic heterocycles. The molecule has 0 saturated carbocycles. The summed E-state index contributed by atoms with van der Waals surface area (Å²) in [6.45, 7) is 1.08. The van der Waals surface area contributed by atoms with E-state index in [1.807, 2.05) is 6.07 Å². The molecule has 7 heteroatoms. The normalized spacial score (nSPS) is 11.1. The van der Waals surface area contributed by atoms with E-state index in [0.29, 0.717) is 36.7 Å². The van der Waals surface area contributed by atoms with Crippen molar-refractivity contribution in [2.75, 3.05) is 6.54 Å². The van der Waals surface area contributed by atoms with Crippen LogP contribution in [0.1, 0.15) is 22.3 Å². The zero-order valence-corrected chi connectivity index (χ0v) is 13.4. The van der Waals surface area contributed by atoms with Crippen molar-refractivity contribution in [1.29, 1.82) is 0 Å². The summed E-state index contributed by atoms with van der Waals surface area (Å²) in [6.07, 6.45) is 4.64. The topological polar surface area (TPSA) is 109 Å². The Morgan fingerprint density at radius 2 is 1.76 bits per heavy atom. The molecule has 2 rings (SSSR count). The van der Waals surface area contributed by atoms with Crippen LogP contribution in [0.2, 0.25) is 0 Å². The minimum absolute atomic E-state index is 0.137. The Morgan fingerprint density at radius 3 is 2.44 bits per heavy atom. The average molecular weight is 342 g/mol. The minimum Gasteiger partial charge on any atom is -0.507 e. The Bertz CT molecular complexity index is 793. The van der Waals surface area contributed by atoms with Crippen LogP contribution < -0.4 is 5.32 Å². The fraction of sp³-hybridized carbons (Fsp3) is 0.167. The first-order valence-corrected chi connectivity index (χ1v) is 7.64. The quantitative estimate of drug-likeness (QED) is 0.294. The van der Waals surface area contributed by atoms with Gasteiger partial charge in [0, 0.05) is 42.7 Å². The molecule has 0 atom stereocenters. The molecular formula is C18H18N2O5. The smallest absolute Gasteiger partial charge is 0.376 e. The Labute approximate surface area is 144 Å². The van der Waals surface area contributed by atoms with Crippen LogP contribution in [0.25, 0.3) is 5.76 Å². The molecule has 0 unspecified atom stereocenters. The summed E-state index contributed by atoms with van der Waals surface area (Å²) in [5, 5.41) is 21.1. The van der Waals surface area contributed by atoms with Crippen LogP contribution in [-0.2, 0) is 16.1 Å². The van der Waals surface area contributed by atoms with Gasteiger partial charge < -0.3 is 20.1 Å². The van der Waals surface area contributed by atoms with Crippen LogP contribution >= 0.6 is 0 Å². The molecule has 2 aromatic rings. The molecule has 3 N–H and O–H groups in total. The molecule has 0 radical (unpaired) electrons. The molecule has 130 valence electrons. The van der Waals surface area contributed by atoms with Gasteiger partial charge in [0.2, 0.25) is 0 Å². The van der Waals surface area contributed by atoms with Crippen molar-refractivity contribution in [3.05, 3.63) is 66.0 Å². The van der Waals surface area contributed by atoms with Crippen molar-refractivity contribution < 1.29 is 24.6 Å². The molecule has 25 heavy (non-hydrogen) atoms. The van der Waals surface area contributed by atoms with Gasteiger partial charge in [0.25, 0.3) is 11.7 Å². The molecule has 1 aromatic carbocycles. The van der Waals surface area contributed by atoms with E-state index in [0.717, 1.165) is 0 Å². The SMILES string of the molecule is O=C(O)C(=O)C=C(O)c1ccn(CCCNC(=O)c2ccccc2)c1. The summed E-state index contributed by atoms with van der Waals surface area (Å²) < 4.78 is 1.78. The molecule has 0 saturated heterocycles. The lowest BCUT2D eigenvalue weighted by Gasteiger charge is -2.06. The number of hydrogen-bond acceptors (Lipinski definition) is 4. The van der Waals surface area contributed by atoms with E-state index in [-0.39, 0.29) is 5.91 Å². The second-order valence-corrected chi connectivity index (χ2v) is 5.31. The number of carboxylic acid groups (broad SMARTS) is 1. The summed E-state index contributed by atoms with van der Waals surface area (Å²) in [6, 6.07) is 10.5. The third kappa shape index (κ3) is 5.35. The van der Waals surface area contributed by atoms with Gasteiger partial charge in [0.1, 0.15) is 5.76 Å². The first kappa shape index (κ1) is 18.0. The maximum Gasteiger partial charge on any atom is 0.376 e. The Morgan fingerprint density at radius 1 is 1.04 bits per heavy atom. The first-order chi connectivity index (χ1) is 12.0. The van der Waals surface area contributed by atoms with E-state index in [9.17, 15) is 19.5 Å². The lowest BCUT2D eigenvalue weighted by Crippen LogP contribution is -2.25. The number of hydrogen-bond donors (Lipinski definition) is 3. The third-order valence-corrected chi connectivity index (χ3v) is 3.44. The number of aromatic nitrogens is 1. The second kappa shape index (κ2) is 8.49. The zero-order valence-electron chi connectivity index (χ0n) is 13.4. The van der Waals surface area contributed by atoms with Crippen LogP contribution in [-0.4, -0.2) is 39.0 Å². The van der Waals surface area contributed by atoms with Crippen molar-refractivity contribution in [3.63, 3.8) is 0 Å². The standard InChI is InChI=1S/C18H18N2O5/c21-15(11-16(22)18(24)25)14-7-10-20(12-14)9-4-8-19-17(23)13-5-2-1-3-6-13/h1-3,5-7,10-12,21H,4,8-9H2,(H,19,23)(H,24,25). The summed E-state index contributed by atoms with van der Waals surface area (Å²) >= 11 is 0. The van der Waals surface area contributed by atoms with E-state index in [1.54, 1.807) is 47.3 Å². The fourth-order valence-corrected chi connectivity index (χ4v) is 2.16. The van der Waals surface area contributed by atoms with Gasteiger partial charge >= 0.3 is 5.97 Å². The van der Waals surface area contributed by atoms with Gasteiger partial charge in [-0.3, -0.25) is 9.59 Å². The van der Waals surface area contributed by atoms with Gasteiger partial charge in [-0.1, -0.05) is 18.2 Å². The number of nitrogens with zero attached hydrogens (tertiary/aromatic N) is 1. The number of carboxylic acids is 1. The first-order valence-electron chi connectivity index (χ1n) is 7.64. The predicted molar refractivity (Wildman–Crippen MR) is 91.1 cm³/mol. The van der Waals surface area contributed by atoms with Gasteiger partial charge in [0.05, 0.1) is 0 Å². The molecule has 0 fully saturated rings. The number of carbonyl (C=O) groups excluding carboxylic acids is 2. The number of amides is 1. The third-order valence-electron chi connectivity index (χ3n) is 3.44. The number of aliphatic hydroxyl groups excluding tert-OH is 1. The number of benzene rings is 1. The van der Waals surface area contributed by atoms with Crippen molar-refractivity contribution in [2.24, 2.45) is 0 Å². The highest BCUT2D eigenvalue weighted by Crippen LogP contribution is 2.12. The minimum atomic E-state index is -1.62. The van der Waals surface area contributed by atoms with Crippen LogP contribution in [0.4, 0.5) is 0 Å². The zero-order chi connectivity index (χ0) is 18.2. The molecule has 0 aliphatic rings. The maximum atomic E-state index is 11.9. The van der Waals surface area contributed by atoms with E-state index in [4.69, 9.17) is 5.11 Å². The van der Waals surface area contributed by atoms with Gasteiger partial charge in [-0.25, -0.2) is 4.79 Å². The average Bonchev–Trinajstić information content (AvgIpc) is 3.08. The van der Waals surface area contributed by atoms with Crippen molar-refractivity contribution in [3.8, 4) is 0 Å². The van der Waals surface area contributed by atoms with Gasteiger partial charge in [-0.15, -0.1) is 0 Å². The van der Waals surface area contributed by atoms with Gasteiger partial charge in [-0.2, -0.15) is 0 Å². The van der Waals surface area contributed by atoms with Crippen molar-refractivity contribution >= 4 is 23.4 Å². The Kier molecular flexibility index (Phi) is 6.11. The summed E-state index contributed by atoms with van der Waals surface area (Å²) in [7, 11) is 0. The number of ketones is 1. The second-order valence-electron chi connectivity index (χ2n) is 5.31. The Balaban J connectivity index is 1.81. The number of carbonyl (C=O) groups is 3. The lowest BCUT2D eigenvalue weighted by atomic mass is 10.2. The number of nitrogens with one attached hydrogen (secondary N) is 1. The van der Waals surface area contributed by atoms with E-state index in [2.05, 4.69) is 5.32 Å². The highest BCUT2D eigenvalue weighted by Gasteiger charge is 2.11. The summed E-state index contributed by atoms with van der Waals surface area (Å²) in [5.41, 5.74) is 0.951. The highest BCUT2D eigenvalue weighted by atomic mass is 16.4. The summed E-state index contributed by atoms with van der Waals surface area (Å²) in [5.74, 6) is -3.35. The Hall–Kier alpha value is -3.35. The molecule has 1 aromatic heterocycles. The van der Waals surface area contributed by atoms with Crippen molar-refractivity contribution in [1.82, 2.24) is 9.88 Å². The fourth-order valence-electron chi connectivity index (χ4n) is 2.16. The van der Waals surface area contributed by atoms with E-state index in [1.165, 1.54) is 0 Å². The number of aryl methyl sites for hydroxylation is 1. The largest absolute Gasteiger partial charge is 0.507 e. The van der Waals surface area contributed by atoms with Crippen LogP contribution in [0.15, 0.2) is 54.9 Å². The molecule has 0 aliphatic carbocycles. The van der Waals surface area contributed by atoms with Crippen LogP contribution in [0.5, 0.6) is 0 Å². The molecule has 0 bridgehead atoms. The number of rotatable bonds is 8. The van der Waals surface area contributed by atoms with Crippen molar-refractivity contribution in [2.45, 2.75) is 13.0 Å². The number of aliphatic hydroxyl groups is 1. The molecule has 0 spiro atoms.